The Hall–Kier alpha value is -0.370. The Morgan fingerprint density at radius 1 is 1.15 bits per heavy atom. The van der Waals surface area contributed by atoms with E-state index in [1.54, 1.807) is 7.11 Å². The molecule has 0 bridgehead atoms. The number of hydrogen-bond acceptors (Lipinski definition) is 2. The first-order valence-electron chi connectivity index (χ1n) is 8.43. The summed E-state index contributed by atoms with van der Waals surface area (Å²) in [5, 5.41) is 0. The highest BCUT2D eigenvalue weighted by Gasteiger charge is 2.37. The van der Waals surface area contributed by atoms with Gasteiger partial charge in [0.25, 0.3) is 0 Å². The van der Waals surface area contributed by atoms with Gasteiger partial charge in [-0.2, -0.15) is 0 Å². The first-order chi connectivity index (χ1) is 9.37. The van der Waals surface area contributed by atoms with E-state index in [1.807, 2.05) is 0 Å². The molecule has 0 heterocycles. The minimum atomic E-state index is -0.174. The summed E-state index contributed by atoms with van der Waals surface area (Å²) in [6.45, 7) is 13.0. The number of methoxy groups -OCH3 is 1. The van der Waals surface area contributed by atoms with Crippen molar-refractivity contribution in [1.29, 1.82) is 0 Å². The summed E-state index contributed by atoms with van der Waals surface area (Å²) >= 11 is 0. The molecule has 2 heteroatoms. The zero-order chi connectivity index (χ0) is 15.8. The molecule has 0 saturated heterocycles. The maximum absolute atomic E-state index is 12.8. The van der Waals surface area contributed by atoms with Crippen molar-refractivity contribution in [3.05, 3.63) is 0 Å². The normalized spacial score (nSPS) is 17.8. The lowest BCUT2D eigenvalue weighted by atomic mass is 9.69. The summed E-state index contributed by atoms with van der Waals surface area (Å²) in [5.41, 5.74) is -0.174. The molecule has 2 nitrogen and oxygen atoms in total. The Morgan fingerprint density at radius 2 is 1.75 bits per heavy atom. The van der Waals surface area contributed by atoms with Crippen LogP contribution in [0.5, 0.6) is 0 Å². The van der Waals surface area contributed by atoms with Crippen LogP contribution in [-0.4, -0.2) is 19.0 Å². The van der Waals surface area contributed by atoms with Crippen LogP contribution in [0, 0.1) is 17.3 Å². The van der Waals surface area contributed by atoms with Gasteiger partial charge in [-0.3, -0.25) is 4.79 Å². The summed E-state index contributed by atoms with van der Waals surface area (Å²) in [6, 6.07) is 0. The Bertz CT molecular complexity index is 273. The van der Waals surface area contributed by atoms with Crippen molar-refractivity contribution in [3.63, 3.8) is 0 Å². The second-order valence-electron chi connectivity index (χ2n) is 6.68. The zero-order valence-electron chi connectivity index (χ0n) is 14.8. The van der Waals surface area contributed by atoms with Gasteiger partial charge in [-0.15, -0.1) is 0 Å². The molecule has 3 atom stereocenters. The van der Waals surface area contributed by atoms with Gasteiger partial charge < -0.3 is 4.74 Å². The van der Waals surface area contributed by atoms with Crippen LogP contribution in [0.15, 0.2) is 0 Å². The largest absolute Gasteiger partial charge is 0.381 e. The van der Waals surface area contributed by atoms with Crippen LogP contribution in [0.2, 0.25) is 0 Å². The Labute approximate surface area is 126 Å². The molecule has 0 spiro atoms. The first kappa shape index (κ1) is 19.6. The Kier molecular flexibility index (Phi) is 9.37. The monoisotopic (exact) mass is 284 g/mol. The third kappa shape index (κ3) is 5.20. The number of carbonyl (C=O) groups is 1. The van der Waals surface area contributed by atoms with Crippen molar-refractivity contribution in [2.75, 3.05) is 7.11 Å². The molecule has 0 aliphatic carbocycles. The second kappa shape index (κ2) is 9.55. The van der Waals surface area contributed by atoms with E-state index in [1.165, 1.54) is 0 Å². The molecule has 0 amide bonds. The fraction of sp³-hybridized carbons (Fsp3) is 0.944. The van der Waals surface area contributed by atoms with Crippen molar-refractivity contribution in [2.45, 2.75) is 86.2 Å². The molecule has 0 aromatic rings. The molecule has 0 aliphatic heterocycles. The molecule has 0 rings (SSSR count). The molecule has 20 heavy (non-hydrogen) atoms. The lowest BCUT2D eigenvalue weighted by Crippen LogP contribution is -2.36. The van der Waals surface area contributed by atoms with Crippen molar-refractivity contribution >= 4 is 5.78 Å². The lowest BCUT2D eigenvalue weighted by molar-refractivity contribution is -0.133. The summed E-state index contributed by atoms with van der Waals surface area (Å²) in [4.78, 5) is 12.8. The van der Waals surface area contributed by atoms with Crippen molar-refractivity contribution in [2.24, 2.45) is 17.3 Å². The molecule has 120 valence electrons. The molecule has 0 aromatic carbocycles. The molecule has 0 saturated carbocycles. The summed E-state index contributed by atoms with van der Waals surface area (Å²) < 4.78 is 5.63. The molecule has 0 aliphatic rings. The molecular formula is C18H36O2. The predicted molar refractivity (Wildman–Crippen MR) is 87.0 cm³/mol. The maximum Gasteiger partial charge on any atom is 0.139 e. The highest BCUT2D eigenvalue weighted by Crippen LogP contribution is 2.36. The van der Waals surface area contributed by atoms with Gasteiger partial charge >= 0.3 is 0 Å². The summed E-state index contributed by atoms with van der Waals surface area (Å²) in [7, 11) is 1.78. The number of rotatable bonds is 11. The lowest BCUT2D eigenvalue weighted by Gasteiger charge is -2.34. The Balaban J connectivity index is 4.90. The topological polar surface area (TPSA) is 26.3 Å². The third-order valence-electron chi connectivity index (χ3n) is 5.05. The highest BCUT2D eigenvalue weighted by atomic mass is 16.5. The van der Waals surface area contributed by atoms with E-state index in [9.17, 15) is 4.79 Å². The van der Waals surface area contributed by atoms with Crippen molar-refractivity contribution in [1.82, 2.24) is 0 Å². The molecule has 0 radical (unpaired) electrons. The predicted octanol–water partition coefficient (Wildman–Crippen LogP) is 5.25. The van der Waals surface area contributed by atoms with Crippen LogP contribution in [-0.2, 0) is 9.53 Å². The number of ether oxygens (including phenoxy) is 1. The van der Waals surface area contributed by atoms with Gasteiger partial charge in [-0.1, -0.05) is 60.8 Å². The van der Waals surface area contributed by atoms with Crippen LogP contribution in [0.1, 0.15) is 80.1 Å². The van der Waals surface area contributed by atoms with Gasteiger partial charge in [0.2, 0.25) is 0 Å². The van der Waals surface area contributed by atoms with Gasteiger partial charge in [-0.25, -0.2) is 0 Å². The smallest absolute Gasteiger partial charge is 0.139 e. The average Bonchev–Trinajstić information content (AvgIpc) is 2.42. The minimum absolute atomic E-state index is 0.174. The molecule has 0 fully saturated rings. The van der Waals surface area contributed by atoms with E-state index >= 15 is 0 Å². The van der Waals surface area contributed by atoms with E-state index in [0.717, 1.165) is 32.1 Å². The average molecular weight is 284 g/mol. The van der Waals surface area contributed by atoms with Gasteiger partial charge in [0.1, 0.15) is 5.78 Å². The van der Waals surface area contributed by atoms with Crippen LogP contribution >= 0.6 is 0 Å². The number of carbonyl (C=O) groups excluding carboxylic acids is 1. The molecule has 0 aromatic heterocycles. The Morgan fingerprint density at radius 3 is 2.10 bits per heavy atom. The van der Waals surface area contributed by atoms with Crippen molar-refractivity contribution < 1.29 is 9.53 Å². The number of Topliss-reactive ketones (excluding diaryl/α,β-unsaturated/α-hetero) is 1. The van der Waals surface area contributed by atoms with E-state index in [2.05, 4.69) is 41.5 Å². The first-order valence-corrected chi connectivity index (χ1v) is 8.43. The van der Waals surface area contributed by atoms with E-state index < -0.39 is 0 Å². The summed E-state index contributed by atoms with van der Waals surface area (Å²) in [6.07, 6.45) is 6.14. The third-order valence-corrected chi connectivity index (χ3v) is 5.05. The molecule has 0 N–H and O–H groups in total. The second-order valence-corrected chi connectivity index (χ2v) is 6.68. The van der Waals surface area contributed by atoms with Gasteiger partial charge in [0, 0.05) is 18.9 Å². The van der Waals surface area contributed by atoms with E-state index in [4.69, 9.17) is 4.74 Å². The van der Waals surface area contributed by atoms with Crippen molar-refractivity contribution in [3.8, 4) is 0 Å². The van der Waals surface area contributed by atoms with Crippen LogP contribution < -0.4 is 0 Å². The van der Waals surface area contributed by atoms with E-state index in [-0.39, 0.29) is 11.5 Å². The minimum Gasteiger partial charge on any atom is -0.381 e. The van der Waals surface area contributed by atoms with Crippen LogP contribution in [0.25, 0.3) is 0 Å². The zero-order valence-corrected chi connectivity index (χ0v) is 14.8. The van der Waals surface area contributed by atoms with Gasteiger partial charge in [0.15, 0.2) is 0 Å². The van der Waals surface area contributed by atoms with Crippen LogP contribution in [0.4, 0.5) is 0 Å². The molecular weight excluding hydrogens is 248 g/mol. The maximum atomic E-state index is 12.8. The standard InChI is InChI=1S/C18H36O2/c1-8-11-16(20-7)15(10-3)13-17(19)18(6,12-9-2)14(4)5/h14-16H,8-13H2,1-7H3. The van der Waals surface area contributed by atoms with Gasteiger partial charge in [0.05, 0.1) is 6.10 Å². The number of hydrogen-bond donors (Lipinski definition) is 0. The number of ketones is 1. The fourth-order valence-electron chi connectivity index (χ4n) is 3.11. The fourth-order valence-corrected chi connectivity index (χ4v) is 3.11. The molecule has 3 unspecified atom stereocenters. The summed E-state index contributed by atoms with van der Waals surface area (Å²) in [5.74, 6) is 1.20. The SMILES string of the molecule is CCCC(OC)C(CC)CC(=O)C(C)(CCC)C(C)C. The van der Waals surface area contributed by atoms with Crippen LogP contribution in [0.3, 0.4) is 0 Å². The quantitative estimate of drug-likeness (QED) is 0.518. The van der Waals surface area contributed by atoms with Gasteiger partial charge in [-0.05, 0) is 24.7 Å². The van der Waals surface area contributed by atoms with E-state index in [0.29, 0.717) is 24.0 Å². The highest BCUT2D eigenvalue weighted by molar-refractivity contribution is 5.85.